The molecule has 0 unspecified atom stereocenters. The molecule has 4 nitrogen and oxygen atoms in total. The molecule has 2 heterocycles. The molecule has 0 N–H and O–H groups in total. The summed E-state index contributed by atoms with van der Waals surface area (Å²) in [4.78, 5) is 26.0. The minimum absolute atomic E-state index is 0.0347. The third-order valence-corrected chi connectivity index (χ3v) is 5.45. The summed E-state index contributed by atoms with van der Waals surface area (Å²) < 4.78 is 1.38. The summed E-state index contributed by atoms with van der Waals surface area (Å²) >= 11 is 7.61. The quantitative estimate of drug-likeness (QED) is 0.371. The Labute approximate surface area is 133 Å². The molecule has 1 aromatic rings. The van der Waals surface area contributed by atoms with E-state index in [2.05, 4.69) is 0 Å². The number of carbonyl (C=O) groups is 2. The Morgan fingerprint density at radius 3 is 2.52 bits per heavy atom. The van der Waals surface area contributed by atoms with Gasteiger partial charge in [-0.2, -0.15) is 0 Å². The van der Waals surface area contributed by atoms with Gasteiger partial charge < -0.3 is 4.90 Å². The standard InChI is InChI=1S/C15H17ClN2O2S/c1-15(2)13(18-11(16)8-12(18)19)14(20)17(21-15)9-10-6-4-3-5-7-10/h3-7,11,13H,8-9H2,1-2H3/t11-,13-/m0/s1. The van der Waals surface area contributed by atoms with Crippen LogP contribution in [0.4, 0.5) is 0 Å². The molecule has 2 amide bonds. The van der Waals surface area contributed by atoms with Gasteiger partial charge in [-0.25, -0.2) is 0 Å². The van der Waals surface area contributed by atoms with Crippen LogP contribution in [0.15, 0.2) is 30.3 Å². The Bertz CT molecular complexity index is 578. The molecular formula is C15H17ClN2O2S. The van der Waals surface area contributed by atoms with Crippen molar-refractivity contribution in [2.45, 2.75) is 43.1 Å². The van der Waals surface area contributed by atoms with Crippen LogP contribution in [0.25, 0.3) is 0 Å². The molecule has 2 fully saturated rings. The number of hydrogen-bond acceptors (Lipinski definition) is 3. The minimum atomic E-state index is -0.477. The third kappa shape index (κ3) is 2.53. The Morgan fingerprint density at radius 2 is 1.95 bits per heavy atom. The fourth-order valence-electron chi connectivity index (χ4n) is 2.82. The van der Waals surface area contributed by atoms with Gasteiger partial charge in [-0.1, -0.05) is 41.9 Å². The predicted molar refractivity (Wildman–Crippen MR) is 83.6 cm³/mol. The molecular weight excluding hydrogens is 308 g/mol. The van der Waals surface area contributed by atoms with Gasteiger partial charge in [0.2, 0.25) is 5.91 Å². The number of carbonyl (C=O) groups excluding carboxylic acids is 2. The predicted octanol–water partition coefficient (Wildman–Crippen LogP) is 2.62. The maximum Gasteiger partial charge on any atom is 0.257 e. The van der Waals surface area contributed by atoms with Crippen LogP contribution in [0, 0.1) is 0 Å². The first kappa shape index (κ1) is 14.7. The van der Waals surface area contributed by atoms with Gasteiger partial charge in [-0.05, 0) is 31.4 Å². The van der Waals surface area contributed by atoms with Gasteiger partial charge in [0, 0.05) is 0 Å². The molecule has 2 aliphatic rings. The number of nitrogens with zero attached hydrogens (tertiary/aromatic N) is 2. The van der Waals surface area contributed by atoms with Crippen LogP contribution < -0.4 is 0 Å². The van der Waals surface area contributed by atoms with Gasteiger partial charge in [0.1, 0.15) is 11.5 Å². The van der Waals surface area contributed by atoms with Gasteiger partial charge in [0.05, 0.1) is 17.7 Å². The van der Waals surface area contributed by atoms with Crippen molar-refractivity contribution in [2.24, 2.45) is 0 Å². The lowest BCUT2D eigenvalue weighted by molar-refractivity contribution is -0.152. The van der Waals surface area contributed by atoms with E-state index in [-0.39, 0.29) is 22.1 Å². The van der Waals surface area contributed by atoms with Crippen LogP contribution in [0.2, 0.25) is 0 Å². The molecule has 1 aromatic carbocycles. The highest BCUT2D eigenvalue weighted by atomic mass is 35.5. The maximum absolute atomic E-state index is 12.7. The van der Waals surface area contributed by atoms with Crippen molar-refractivity contribution in [3.05, 3.63) is 35.9 Å². The monoisotopic (exact) mass is 324 g/mol. The highest BCUT2D eigenvalue weighted by molar-refractivity contribution is 7.99. The van der Waals surface area contributed by atoms with Crippen LogP contribution in [0.5, 0.6) is 0 Å². The minimum Gasteiger partial charge on any atom is -0.312 e. The van der Waals surface area contributed by atoms with Gasteiger partial charge in [0.25, 0.3) is 5.91 Å². The highest BCUT2D eigenvalue weighted by Gasteiger charge is 2.56. The van der Waals surface area contributed by atoms with Crippen molar-refractivity contribution in [3.63, 3.8) is 0 Å². The van der Waals surface area contributed by atoms with E-state index in [9.17, 15) is 9.59 Å². The second kappa shape index (κ2) is 5.21. The smallest absolute Gasteiger partial charge is 0.257 e. The van der Waals surface area contributed by atoms with E-state index in [0.717, 1.165) is 5.56 Å². The van der Waals surface area contributed by atoms with Crippen molar-refractivity contribution in [1.29, 1.82) is 0 Å². The fourth-order valence-corrected chi connectivity index (χ4v) is 4.46. The van der Waals surface area contributed by atoms with Gasteiger partial charge in [-0.3, -0.25) is 13.9 Å². The zero-order valence-electron chi connectivity index (χ0n) is 12.0. The molecule has 0 spiro atoms. The van der Waals surface area contributed by atoms with E-state index in [1.165, 1.54) is 16.8 Å². The number of amides is 2. The first-order valence-electron chi connectivity index (χ1n) is 6.90. The van der Waals surface area contributed by atoms with Crippen LogP contribution in [-0.2, 0) is 16.1 Å². The van der Waals surface area contributed by atoms with Crippen LogP contribution in [0.1, 0.15) is 25.8 Å². The van der Waals surface area contributed by atoms with E-state index in [1.54, 1.807) is 4.31 Å². The summed E-state index contributed by atoms with van der Waals surface area (Å²) in [5, 5.41) is 0. The molecule has 0 radical (unpaired) electrons. The second-order valence-corrected chi connectivity index (χ2v) is 8.08. The maximum atomic E-state index is 12.7. The number of likely N-dealkylation sites (tertiary alicyclic amines) is 1. The van der Waals surface area contributed by atoms with E-state index >= 15 is 0 Å². The Hall–Kier alpha value is -1.20. The molecule has 21 heavy (non-hydrogen) atoms. The number of alkyl halides is 1. The third-order valence-electron chi connectivity index (χ3n) is 3.86. The summed E-state index contributed by atoms with van der Waals surface area (Å²) in [6, 6.07) is 9.37. The molecule has 0 aromatic heterocycles. The van der Waals surface area contributed by atoms with Crippen molar-refractivity contribution in [2.75, 3.05) is 0 Å². The van der Waals surface area contributed by atoms with Crippen molar-refractivity contribution < 1.29 is 9.59 Å². The van der Waals surface area contributed by atoms with Crippen molar-refractivity contribution in [3.8, 4) is 0 Å². The van der Waals surface area contributed by atoms with E-state index in [0.29, 0.717) is 13.0 Å². The van der Waals surface area contributed by atoms with Gasteiger partial charge in [0.15, 0.2) is 0 Å². The molecule has 6 heteroatoms. The largest absolute Gasteiger partial charge is 0.312 e. The normalized spacial score (nSPS) is 28.0. The molecule has 2 aliphatic heterocycles. The molecule has 2 atom stereocenters. The fraction of sp³-hybridized carbons (Fsp3) is 0.467. The molecule has 112 valence electrons. The number of β-lactam (4-membered cyclic amide) rings is 1. The van der Waals surface area contributed by atoms with E-state index < -0.39 is 6.04 Å². The lowest BCUT2D eigenvalue weighted by atomic mass is 9.96. The Balaban J connectivity index is 1.80. The number of rotatable bonds is 3. The number of halogens is 1. The summed E-state index contributed by atoms with van der Waals surface area (Å²) in [7, 11) is 0. The summed E-state index contributed by atoms with van der Waals surface area (Å²) in [6.07, 6.45) is 0.324. The first-order chi connectivity index (χ1) is 9.90. The van der Waals surface area contributed by atoms with Gasteiger partial charge >= 0.3 is 0 Å². The Morgan fingerprint density at radius 1 is 1.29 bits per heavy atom. The lowest BCUT2D eigenvalue weighted by Gasteiger charge is -2.43. The topological polar surface area (TPSA) is 40.6 Å². The molecule has 0 bridgehead atoms. The molecule has 2 saturated heterocycles. The molecule has 0 saturated carbocycles. The second-order valence-electron chi connectivity index (χ2n) is 5.90. The average Bonchev–Trinajstić information content (AvgIpc) is 2.63. The molecule has 3 rings (SSSR count). The summed E-state index contributed by atoms with van der Waals surface area (Å²) in [6.45, 7) is 4.51. The highest BCUT2D eigenvalue weighted by Crippen LogP contribution is 2.46. The lowest BCUT2D eigenvalue weighted by Crippen LogP contribution is -2.61. The SMILES string of the molecule is CC1(C)SN(Cc2ccccc2)C(=O)[C@@H]1N1C(=O)C[C@H]1Cl. The van der Waals surface area contributed by atoms with Crippen LogP contribution in [-0.4, -0.2) is 37.3 Å². The van der Waals surface area contributed by atoms with Crippen molar-refractivity contribution >= 4 is 35.4 Å². The first-order valence-corrected chi connectivity index (χ1v) is 8.11. The zero-order valence-corrected chi connectivity index (χ0v) is 13.5. The zero-order chi connectivity index (χ0) is 15.2. The van der Waals surface area contributed by atoms with Crippen LogP contribution >= 0.6 is 23.5 Å². The van der Waals surface area contributed by atoms with Crippen LogP contribution in [0.3, 0.4) is 0 Å². The summed E-state index contributed by atoms with van der Waals surface area (Å²) in [5.74, 6) is -0.0730. The summed E-state index contributed by atoms with van der Waals surface area (Å²) in [5.41, 5.74) is 0.718. The Kier molecular flexibility index (Phi) is 3.66. The molecule has 0 aliphatic carbocycles. The number of benzene rings is 1. The van der Waals surface area contributed by atoms with Gasteiger partial charge in [-0.15, -0.1) is 0 Å². The average molecular weight is 325 g/mol. The van der Waals surface area contributed by atoms with Crippen molar-refractivity contribution in [1.82, 2.24) is 9.21 Å². The van der Waals surface area contributed by atoms with E-state index in [1.807, 2.05) is 44.2 Å². The number of hydrogen-bond donors (Lipinski definition) is 0. The van der Waals surface area contributed by atoms with E-state index in [4.69, 9.17) is 11.6 Å².